The van der Waals surface area contributed by atoms with Gasteiger partial charge >= 0.3 is 0 Å². The Kier molecular flexibility index (Phi) is 5.48. The molecule has 0 fully saturated rings. The smallest absolute Gasteiger partial charge is 0.122 e. The number of aryl methyl sites for hydroxylation is 2. The fourth-order valence-corrected chi connectivity index (χ4v) is 2.14. The summed E-state index contributed by atoms with van der Waals surface area (Å²) in [5.74, 6) is 1.63. The van der Waals surface area contributed by atoms with E-state index in [9.17, 15) is 0 Å². The van der Waals surface area contributed by atoms with Gasteiger partial charge in [0.1, 0.15) is 24.7 Å². The van der Waals surface area contributed by atoms with Crippen LogP contribution in [-0.2, 0) is 6.54 Å². The molecule has 0 spiro atoms. The van der Waals surface area contributed by atoms with Crippen LogP contribution >= 0.6 is 11.6 Å². The molecule has 2 N–H and O–H groups in total. The molecular formula is C17H20ClNO2. The molecule has 0 saturated carbocycles. The highest BCUT2D eigenvalue weighted by molar-refractivity contribution is 6.32. The fourth-order valence-electron chi connectivity index (χ4n) is 2.03. The summed E-state index contributed by atoms with van der Waals surface area (Å²) in [5, 5.41) is 0.790. The van der Waals surface area contributed by atoms with Gasteiger partial charge in [0.25, 0.3) is 0 Å². The van der Waals surface area contributed by atoms with Crippen molar-refractivity contribution in [1.82, 2.24) is 0 Å². The van der Waals surface area contributed by atoms with Crippen molar-refractivity contribution in [1.29, 1.82) is 0 Å². The van der Waals surface area contributed by atoms with Crippen LogP contribution in [0.5, 0.6) is 11.5 Å². The van der Waals surface area contributed by atoms with E-state index < -0.39 is 0 Å². The van der Waals surface area contributed by atoms with Gasteiger partial charge in [-0.1, -0.05) is 23.7 Å². The molecule has 112 valence electrons. The lowest BCUT2D eigenvalue weighted by atomic mass is 10.1. The molecule has 0 aliphatic carbocycles. The van der Waals surface area contributed by atoms with Crippen LogP contribution in [0.4, 0.5) is 0 Å². The van der Waals surface area contributed by atoms with Crippen LogP contribution in [0.1, 0.15) is 16.7 Å². The van der Waals surface area contributed by atoms with Crippen LogP contribution in [0.15, 0.2) is 36.4 Å². The molecule has 0 saturated heterocycles. The van der Waals surface area contributed by atoms with Crippen LogP contribution in [0.2, 0.25) is 5.02 Å². The number of ether oxygens (including phenoxy) is 2. The predicted octanol–water partition coefficient (Wildman–Crippen LogP) is 3.87. The van der Waals surface area contributed by atoms with Gasteiger partial charge in [-0.25, -0.2) is 0 Å². The Morgan fingerprint density at radius 3 is 1.95 bits per heavy atom. The quantitative estimate of drug-likeness (QED) is 0.824. The number of nitrogens with two attached hydrogens (primary N) is 1. The average molecular weight is 306 g/mol. The first-order chi connectivity index (χ1) is 10.1. The van der Waals surface area contributed by atoms with Gasteiger partial charge in [0.2, 0.25) is 0 Å². The van der Waals surface area contributed by atoms with Gasteiger partial charge in [-0.2, -0.15) is 0 Å². The highest BCUT2D eigenvalue weighted by Crippen LogP contribution is 2.25. The van der Waals surface area contributed by atoms with E-state index in [4.69, 9.17) is 26.8 Å². The van der Waals surface area contributed by atoms with Crippen molar-refractivity contribution >= 4 is 11.6 Å². The van der Waals surface area contributed by atoms with E-state index in [-0.39, 0.29) is 0 Å². The molecule has 0 amide bonds. The minimum Gasteiger partial charge on any atom is -0.490 e. The molecule has 0 unspecified atom stereocenters. The van der Waals surface area contributed by atoms with Crippen LogP contribution in [-0.4, -0.2) is 13.2 Å². The molecule has 0 aliphatic rings. The Morgan fingerprint density at radius 2 is 1.43 bits per heavy atom. The van der Waals surface area contributed by atoms with Crippen molar-refractivity contribution < 1.29 is 9.47 Å². The first-order valence-corrected chi connectivity index (χ1v) is 7.29. The van der Waals surface area contributed by atoms with E-state index in [2.05, 4.69) is 0 Å². The standard InChI is InChI=1S/C17H20ClNO2/c1-12-9-16(10-13(2)17(12)18)21-8-7-20-15-5-3-14(11-19)4-6-15/h3-6,9-10H,7-8,11,19H2,1-2H3. The highest BCUT2D eigenvalue weighted by atomic mass is 35.5. The summed E-state index contributed by atoms with van der Waals surface area (Å²) in [6.07, 6.45) is 0. The van der Waals surface area contributed by atoms with E-state index in [0.29, 0.717) is 19.8 Å². The Bertz CT molecular complexity index is 573. The minimum atomic E-state index is 0.485. The molecule has 0 radical (unpaired) electrons. The molecule has 2 rings (SSSR count). The lowest BCUT2D eigenvalue weighted by Crippen LogP contribution is -2.09. The number of hydrogen-bond acceptors (Lipinski definition) is 3. The fraction of sp³-hybridized carbons (Fsp3) is 0.294. The lowest BCUT2D eigenvalue weighted by molar-refractivity contribution is 0.217. The molecule has 0 heterocycles. The summed E-state index contributed by atoms with van der Waals surface area (Å²) < 4.78 is 11.3. The molecule has 21 heavy (non-hydrogen) atoms. The first-order valence-electron chi connectivity index (χ1n) is 6.91. The van der Waals surface area contributed by atoms with Crippen molar-refractivity contribution in [3.05, 3.63) is 58.1 Å². The molecular weight excluding hydrogens is 286 g/mol. The van der Waals surface area contributed by atoms with Gasteiger partial charge in [-0.05, 0) is 54.8 Å². The molecule has 3 nitrogen and oxygen atoms in total. The topological polar surface area (TPSA) is 44.5 Å². The Morgan fingerprint density at radius 1 is 0.905 bits per heavy atom. The summed E-state index contributed by atoms with van der Waals surface area (Å²) in [7, 11) is 0. The largest absolute Gasteiger partial charge is 0.490 e. The van der Waals surface area contributed by atoms with Crippen LogP contribution in [0.3, 0.4) is 0 Å². The number of benzene rings is 2. The summed E-state index contributed by atoms with van der Waals surface area (Å²) in [6.45, 7) is 5.45. The van der Waals surface area contributed by atoms with Crippen molar-refractivity contribution in [3.8, 4) is 11.5 Å². The number of hydrogen-bond donors (Lipinski definition) is 1. The van der Waals surface area contributed by atoms with Gasteiger partial charge in [-0.3, -0.25) is 0 Å². The maximum Gasteiger partial charge on any atom is 0.122 e. The summed E-state index contributed by atoms with van der Waals surface area (Å²) >= 11 is 6.13. The monoisotopic (exact) mass is 305 g/mol. The maximum atomic E-state index is 6.13. The normalized spacial score (nSPS) is 10.5. The van der Waals surface area contributed by atoms with Crippen LogP contribution < -0.4 is 15.2 Å². The van der Waals surface area contributed by atoms with Gasteiger partial charge in [0, 0.05) is 11.6 Å². The zero-order chi connectivity index (χ0) is 15.2. The van der Waals surface area contributed by atoms with E-state index in [1.54, 1.807) is 0 Å². The average Bonchev–Trinajstić information content (AvgIpc) is 2.49. The van der Waals surface area contributed by atoms with E-state index in [1.807, 2.05) is 50.2 Å². The zero-order valence-corrected chi connectivity index (χ0v) is 13.1. The Labute approximate surface area is 130 Å². The van der Waals surface area contributed by atoms with E-state index >= 15 is 0 Å². The number of rotatable bonds is 6. The maximum absolute atomic E-state index is 6.13. The molecule has 0 aliphatic heterocycles. The Hall–Kier alpha value is -1.71. The molecule has 4 heteroatoms. The van der Waals surface area contributed by atoms with Crippen molar-refractivity contribution in [2.45, 2.75) is 20.4 Å². The van der Waals surface area contributed by atoms with Gasteiger partial charge in [0.15, 0.2) is 0 Å². The molecule has 0 atom stereocenters. The van der Waals surface area contributed by atoms with Crippen molar-refractivity contribution in [2.24, 2.45) is 5.73 Å². The third kappa shape index (κ3) is 4.38. The second-order valence-electron chi connectivity index (χ2n) is 4.92. The third-order valence-electron chi connectivity index (χ3n) is 3.19. The molecule has 0 bridgehead atoms. The summed E-state index contributed by atoms with van der Waals surface area (Å²) in [4.78, 5) is 0. The van der Waals surface area contributed by atoms with E-state index in [1.165, 1.54) is 0 Å². The van der Waals surface area contributed by atoms with Crippen LogP contribution in [0, 0.1) is 13.8 Å². The summed E-state index contributed by atoms with van der Waals surface area (Å²) in [5.41, 5.74) is 8.68. The molecule has 0 aromatic heterocycles. The highest BCUT2D eigenvalue weighted by Gasteiger charge is 2.03. The van der Waals surface area contributed by atoms with Gasteiger partial charge in [0.05, 0.1) is 0 Å². The summed E-state index contributed by atoms with van der Waals surface area (Å²) in [6, 6.07) is 11.6. The second-order valence-corrected chi connectivity index (χ2v) is 5.29. The third-order valence-corrected chi connectivity index (χ3v) is 3.79. The SMILES string of the molecule is Cc1cc(OCCOc2ccc(CN)cc2)cc(C)c1Cl. The molecule has 2 aromatic carbocycles. The predicted molar refractivity (Wildman–Crippen MR) is 86.2 cm³/mol. The minimum absolute atomic E-state index is 0.485. The zero-order valence-electron chi connectivity index (χ0n) is 12.4. The van der Waals surface area contributed by atoms with Crippen molar-refractivity contribution in [2.75, 3.05) is 13.2 Å². The second kappa shape index (κ2) is 7.34. The first kappa shape index (κ1) is 15.7. The molecule has 2 aromatic rings. The van der Waals surface area contributed by atoms with Gasteiger partial charge in [-0.15, -0.1) is 0 Å². The lowest BCUT2D eigenvalue weighted by Gasteiger charge is -2.11. The van der Waals surface area contributed by atoms with Crippen molar-refractivity contribution in [3.63, 3.8) is 0 Å². The number of halogens is 1. The van der Waals surface area contributed by atoms with E-state index in [0.717, 1.165) is 33.2 Å². The van der Waals surface area contributed by atoms with Gasteiger partial charge < -0.3 is 15.2 Å². The Balaban J connectivity index is 1.81. The van der Waals surface area contributed by atoms with Crippen LogP contribution in [0.25, 0.3) is 0 Å².